The second-order valence-electron chi connectivity index (χ2n) is 4.94. The van der Waals surface area contributed by atoms with E-state index in [9.17, 15) is 19.5 Å². The minimum atomic E-state index is -2.35. The highest BCUT2D eigenvalue weighted by molar-refractivity contribution is 6.14. The summed E-state index contributed by atoms with van der Waals surface area (Å²) in [5.74, 6) is -2.50. The predicted molar refractivity (Wildman–Crippen MR) is 68.3 cm³/mol. The zero-order valence-electron chi connectivity index (χ0n) is 10.4. The Bertz CT molecular complexity index is 642. The molecule has 2 heterocycles. The number of amides is 2. The van der Waals surface area contributed by atoms with Crippen LogP contribution in [0.3, 0.4) is 0 Å². The molecule has 3 N–H and O–H groups in total. The van der Waals surface area contributed by atoms with Crippen LogP contribution in [0.15, 0.2) is 18.2 Å². The number of aliphatic hydroxyl groups is 1. The third-order valence-corrected chi connectivity index (χ3v) is 3.68. The molecule has 7 heteroatoms. The lowest BCUT2D eigenvalue weighted by molar-refractivity contribution is -0.162. The molecule has 2 aliphatic heterocycles. The second-order valence-corrected chi connectivity index (χ2v) is 4.94. The SMILES string of the molecule is O=C1Cc2cc(N3CC[C@@](O)(C(=O)O)C3=O)ccc2N1. The monoisotopic (exact) mass is 276 g/mol. The molecule has 2 amide bonds. The topological polar surface area (TPSA) is 107 Å². The summed E-state index contributed by atoms with van der Waals surface area (Å²) in [6.07, 6.45) is 0.0732. The average molecular weight is 276 g/mol. The molecule has 104 valence electrons. The van der Waals surface area contributed by atoms with Crippen molar-refractivity contribution in [2.45, 2.75) is 18.4 Å². The standard InChI is InChI=1S/C13H12N2O5/c16-10-6-7-5-8(1-2-9(7)14-10)15-4-3-13(20,11(15)17)12(18)19/h1-2,5,20H,3-4,6H2,(H,14,16)(H,18,19)/t13-/m0/s1. The van der Waals surface area contributed by atoms with Crippen LogP contribution in [0, 0.1) is 0 Å². The van der Waals surface area contributed by atoms with E-state index in [2.05, 4.69) is 5.32 Å². The molecule has 0 aromatic heterocycles. The first-order valence-electron chi connectivity index (χ1n) is 6.12. The Morgan fingerprint density at radius 3 is 2.75 bits per heavy atom. The summed E-state index contributed by atoms with van der Waals surface area (Å²) >= 11 is 0. The molecule has 0 unspecified atom stereocenters. The molecule has 0 aliphatic carbocycles. The van der Waals surface area contributed by atoms with Gasteiger partial charge < -0.3 is 20.4 Å². The number of fused-ring (bicyclic) bond motifs is 1. The molecule has 1 aromatic rings. The van der Waals surface area contributed by atoms with Crippen molar-refractivity contribution in [1.29, 1.82) is 0 Å². The molecule has 0 bridgehead atoms. The predicted octanol–water partition coefficient (Wildman–Crippen LogP) is -0.266. The van der Waals surface area contributed by atoms with Crippen LogP contribution in [0.5, 0.6) is 0 Å². The molecule has 1 saturated heterocycles. The summed E-state index contributed by atoms with van der Waals surface area (Å²) in [4.78, 5) is 35.5. The fraction of sp³-hybridized carbons (Fsp3) is 0.308. The van der Waals surface area contributed by atoms with E-state index in [4.69, 9.17) is 5.11 Å². The van der Waals surface area contributed by atoms with Crippen molar-refractivity contribution < 1.29 is 24.6 Å². The van der Waals surface area contributed by atoms with Gasteiger partial charge in [0.2, 0.25) is 11.5 Å². The second kappa shape index (κ2) is 4.04. The summed E-state index contributed by atoms with van der Waals surface area (Å²) in [6, 6.07) is 4.95. The normalized spacial score (nSPS) is 24.8. The minimum Gasteiger partial charge on any atom is -0.479 e. The molecule has 0 saturated carbocycles. The summed E-state index contributed by atoms with van der Waals surface area (Å²) in [6.45, 7) is 0.127. The number of nitrogens with one attached hydrogen (secondary N) is 1. The molecule has 7 nitrogen and oxygen atoms in total. The van der Waals surface area contributed by atoms with Gasteiger partial charge in [0.05, 0.1) is 6.42 Å². The van der Waals surface area contributed by atoms with Crippen LogP contribution >= 0.6 is 0 Å². The van der Waals surface area contributed by atoms with Crippen LogP contribution in [0.1, 0.15) is 12.0 Å². The number of carboxylic acids is 1. The number of carbonyl (C=O) groups excluding carboxylic acids is 2. The average Bonchev–Trinajstić information content (AvgIpc) is 2.90. The molecular weight excluding hydrogens is 264 g/mol. The third-order valence-electron chi connectivity index (χ3n) is 3.68. The van der Waals surface area contributed by atoms with Gasteiger partial charge in [-0.25, -0.2) is 4.79 Å². The van der Waals surface area contributed by atoms with Crippen molar-refractivity contribution >= 4 is 29.2 Å². The van der Waals surface area contributed by atoms with Crippen molar-refractivity contribution in [3.05, 3.63) is 23.8 Å². The maximum absolute atomic E-state index is 12.0. The van der Waals surface area contributed by atoms with Crippen LogP contribution in [0.4, 0.5) is 11.4 Å². The molecule has 3 rings (SSSR count). The zero-order chi connectivity index (χ0) is 14.5. The fourth-order valence-electron chi connectivity index (χ4n) is 2.53. The maximum Gasteiger partial charge on any atom is 0.345 e. The Hall–Kier alpha value is -2.41. The van der Waals surface area contributed by atoms with Crippen molar-refractivity contribution in [2.24, 2.45) is 0 Å². The van der Waals surface area contributed by atoms with E-state index in [0.29, 0.717) is 11.4 Å². The number of benzene rings is 1. The highest BCUT2D eigenvalue weighted by atomic mass is 16.4. The van der Waals surface area contributed by atoms with Crippen LogP contribution < -0.4 is 10.2 Å². The Morgan fingerprint density at radius 1 is 1.35 bits per heavy atom. The number of rotatable bonds is 2. The van der Waals surface area contributed by atoms with Crippen molar-refractivity contribution in [3.8, 4) is 0 Å². The highest BCUT2D eigenvalue weighted by Crippen LogP contribution is 2.32. The number of anilines is 2. The van der Waals surface area contributed by atoms with Crippen molar-refractivity contribution in [1.82, 2.24) is 0 Å². The molecule has 1 aromatic carbocycles. The first kappa shape index (κ1) is 12.6. The Morgan fingerprint density at radius 2 is 2.10 bits per heavy atom. The van der Waals surface area contributed by atoms with Gasteiger partial charge in [0.25, 0.3) is 5.91 Å². The van der Waals surface area contributed by atoms with Crippen LogP contribution in [-0.4, -0.2) is 40.1 Å². The molecule has 1 atom stereocenters. The van der Waals surface area contributed by atoms with Crippen molar-refractivity contribution in [2.75, 3.05) is 16.8 Å². The minimum absolute atomic E-state index is 0.119. The number of carbonyl (C=O) groups is 3. The molecular formula is C13H12N2O5. The first-order valence-corrected chi connectivity index (χ1v) is 6.12. The molecule has 2 aliphatic rings. The van der Waals surface area contributed by atoms with Gasteiger partial charge in [0, 0.05) is 24.3 Å². The van der Waals surface area contributed by atoms with E-state index in [1.54, 1.807) is 18.2 Å². The summed E-state index contributed by atoms with van der Waals surface area (Å²) < 4.78 is 0. The van der Waals surface area contributed by atoms with Gasteiger partial charge in [0.15, 0.2) is 0 Å². The Balaban J connectivity index is 1.92. The van der Waals surface area contributed by atoms with Gasteiger partial charge in [-0.1, -0.05) is 0 Å². The summed E-state index contributed by atoms with van der Waals surface area (Å²) in [7, 11) is 0. The first-order chi connectivity index (χ1) is 9.41. The largest absolute Gasteiger partial charge is 0.479 e. The Kier molecular flexibility index (Phi) is 2.55. The third kappa shape index (κ3) is 1.67. The maximum atomic E-state index is 12.0. The van der Waals surface area contributed by atoms with E-state index in [-0.39, 0.29) is 25.3 Å². The van der Waals surface area contributed by atoms with E-state index >= 15 is 0 Å². The van der Waals surface area contributed by atoms with Gasteiger partial charge in [-0.2, -0.15) is 0 Å². The number of hydrogen-bond donors (Lipinski definition) is 3. The van der Waals surface area contributed by atoms with Crippen LogP contribution in [0.2, 0.25) is 0 Å². The number of nitrogens with zero attached hydrogens (tertiary/aromatic N) is 1. The summed E-state index contributed by atoms with van der Waals surface area (Å²) in [5, 5.41) is 21.5. The quantitative estimate of drug-likeness (QED) is 0.645. The van der Waals surface area contributed by atoms with Gasteiger partial charge in [-0.3, -0.25) is 9.59 Å². The van der Waals surface area contributed by atoms with Gasteiger partial charge >= 0.3 is 5.97 Å². The number of aliphatic carboxylic acids is 1. The van der Waals surface area contributed by atoms with Crippen LogP contribution in [0.25, 0.3) is 0 Å². The van der Waals surface area contributed by atoms with E-state index in [1.807, 2.05) is 0 Å². The molecule has 20 heavy (non-hydrogen) atoms. The lowest BCUT2D eigenvalue weighted by Crippen LogP contribution is -2.46. The number of hydrogen-bond acceptors (Lipinski definition) is 4. The molecule has 1 fully saturated rings. The van der Waals surface area contributed by atoms with E-state index < -0.39 is 17.5 Å². The molecule has 0 spiro atoms. The van der Waals surface area contributed by atoms with Gasteiger partial charge in [-0.05, 0) is 23.8 Å². The smallest absolute Gasteiger partial charge is 0.345 e. The number of carboxylic acid groups (broad SMARTS) is 1. The van der Waals surface area contributed by atoms with E-state index in [1.165, 1.54) is 4.90 Å². The molecule has 0 radical (unpaired) electrons. The van der Waals surface area contributed by atoms with Crippen molar-refractivity contribution in [3.63, 3.8) is 0 Å². The van der Waals surface area contributed by atoms with Gasteiger partial charge in [-0.15, -0.1) is 0 Å². The summed E-state index contributed by atoms with van der Waals surface area (Å²) in [5.41, 5.74) is -0.417. The van der Waals surface area contributed by atoms with E-state index in [0.717, 1.165) is 5.56 Å². The lowest BCUT2D eigenvalue weighted by atomic mass is 10.0. The Labute approximate surface area is 113 Å². The highest BCUT2D eigenvalue weighted by Gasteiger charge is 2.52. The van der Waals surface area contributed by atoms with Crippen LogP contribution in [-0.2, 0) is 20.8 Å². The fourth-order valence-corrected chi connectivity index (χ4v) is 2.53. The lowest BCUT2D eigenvalue weighted by Gasteiger charge is -2.19. The zero-order valence-corrected chi connectivity index (χ0v) is 10.4. The van der Waals surface area contributed by atoms with Gasteiger partial charge in [0.1, 0.15) is 0 Å².